The lowest BCUT2D eigenvalue weighted by atomic mass is 9.82. The molecule has 0 atom stereocenters. The third-order valence-electron chi connectivity index (χ3n) is 3.26. The zero-order chi connectivity index (χ0) is 12.3. The van der Waals surface area contributed by atoms with E-state index in [1.165, 1.54) is 0 Å². The first-order chi connectivity index (χ1) is 8.20. The second kappa shape index (κ2) is 5.38. The highest BCUT2D eigenvalue weighted by Crippen LogP contribution is 2.30. The van der Waals surface area contributed by atoms with Crippen molar-refractivity contribution in [3.63, 3.8) is 0 Å². The van der Waals surface area contributed by atoms with Gasteiger partial charge in [0.1, 0.15) is 0 Å². The van der Waals surface area contributed by atoms with Gasteiger partial charge in [-0.05, 0) is 31.4 Å². The fraction of sp³-hybridized carbons (Fsp3) is 0.538. The Balaban J connectivity index is 1.82. The average Bonchev–Trinajstić information content (AvgIpc) is 2.29. The van der Waals surface area contributed by atoms with Crippen LogP contribution in [0, 0.1) is 5.92 Å². The second-order valence-electron chi connectivity index (χ2n) is 4.59. The van der Waals surface area contributed by atoms with Crippen LogP contribution in [0.3, 0.4) is 0 Å². The quantitative estimate of drug-likeness (QED) is 0.721. The Morgan fingerprint density at radius 3 is 2.82 bits per heavy atom. The van der Waals surface area contributed by atoms with Crippen molar-refractivity contribution in [2.45, 2.75) is 25.5 Å². The molecular weight excluding hydrogens is 218 g/mol. The molecule has 2 rings (SSSR count). The first kappa shape index (κ1) is 12.2. The van der Waals surface area contributed by atoms with E-state index in [1.807, 2.05) is 12.1 Å². The largest absolute Gasteiger partial charge is 0.504 e. The molecule has 4 heteroatoms. The summed E-state index contributed by atoms with van der Waals surface area (Å²) < 4.78 is 5.05. The summed E-state index contributed by atoms with van der Waals surface area (Å²) in [7, 11) is 1.54. The van der Waals surface area contributed by atoms with Crippen molar-refractivity contribution in [3.8, 4) is 11.5 Å². The smallest absolute Gasteiger partial charge is 0.162 e. The van der Waals surface area contributed by atoms with Crippen LogP contribution < -0.4 is 10.1 Å². The van der Waals surface area contributed by atoms with Crippen LogP contribution in [0.1, 0.15) is 18.4 Å². The number of rotatable bonds is 5. The Morgan fingerprint density at radius 2 is 2.18 bits per heavy atom. The van der Waals surface area contributed by atoms with Crippen LogP contribution >= 0.6 is 0 Å². The normalized spacial score (nSPS) is 23.2. The van der Waals surface area contributed by atoms with E-state index in [4.69, 9.17) is 9.84 Å². The third-order valence-corrected chi connectivity index (χ3v) is 3.26. The maximum atomic E-state index is 9.86. The second-order valence-corrected chi connectivity index (χ2v) is 4.59. The highest BCUT2D eigenvalue weighted by atomic mass is 16.5. The van der Waals surface area contributed by atoms with Crippen molar-refractivity contribution < 1.29 is 14.9 Å². The Hall–Kier alpha value is -1.26. The zero-order valence-corrected chi connectivity index (χ0v) is 10.0. The number of phenols is 1. The number of methoxy groups -OCH3 is 1. The zero-order valence-electron chi connectivity index (χ0n) is 10.0. The number of hydrogen-bond acceptors (Lipinski definition) is 4. The van der Waals surface area contributed by atoms with Crippen LogP contribution in [-0.2, 0) is 6.54 Å². The van der Waals surface area contributed by atoms with Gasteiger partial charge >= 0.3 is 0 Å². The fourth-order valence-corrected chi connectivity index (χ4v) is 2.15. The molecule has 4 nitrogen and oxygen atoms in total. The minimum atomic E-state index is -0.105. The topological polar surface area (TPSA) is 61.7 Å². The van der Waals surface area contributed by atoms with Gasteiger partial charge in [0.2, 0.25) is 0 Å². The molecule has 1 aromatic carbocycles. The maximum absolute atomic E-state index is 9.86. The van der Waals surface area contributed by atoms with Gasteiger partial charge in [0.05, 0.1) is 13.2 Å². The first-order valence-electron chi connectivity index (χ1n) is 5.94. The van der Waals surface area contributed by atoms with E-state index in [0.717, 1.165) is 24.9 Å². The van der Waals surface area contributed by atoms with E-state index in [0.29, 0.717) is 18.2 Å². The Labute approximate surface area is 101 Å². The Morgan fingerprint density at radius 1 is 1.41 bits per heavy atom. The Bertz CT molecular complexity index is 375. The summed E-state index contributed by atoms with van der Waals surface area (Å²) in [6.07, 6.45) is 1.67. The molecule has 1 aromatic rings. The number of para-hydroxylation sites is 1. The van der Waals surface area contributed by atoms with Gasteiger partial charge in [0, 0.05) is 12.1 Å². The summed E-state index contributed by atoms with van der Waals surface area (Å²) in [4.78, 5) is 0. The van der Waals surface area contributed by atoms with Gasteiger partial charge in [-0.3, -0.25) is 0 Å². The van der Waals surface area contributed by atoms with Gasteiger partial charge in [0.25, 0.3) is 0 Å². The molecule has 17 heavy (non-hydrogen) atoms. The number of benzene rings is 1. The minimum Gasteiger partial charge on any atom is -0.504 e. The Kier molecular flexibility index (Phi) is 3.86. The molecule has 0 bridgehead atoms. The third kappa shape index (κ3) is 2.90. The molecule has 0 unspecified atom stereocenters. The lowest BCUT2D eigenvalue weighted by molar-refractivity contribution is 0.0429. The van der Waals surface area contributed by atoms with Crippen LogP contribution in [0.25, 0.3) is 0 Å². The number of phenolic OH excluding ortho intramolecular Hbond substituents is 1. The summed E-state index contributed by atoms with van der Waals surface area (Å²) >= 11 is 0. The van der Waals surface area contributed by atoms with Gasteiger partial charge in [-0.25, -0.2) is 0 Å². The molecule has 1 fully saturated rings. The van der Waals surface area contributed by atoms with Crippen LogP contribution in [0.5, 0.6) is 11.5 Å². The maximum Gasteiger partial charge on any atom is 0.162 e. The molecule has 1 aliphatic carbocycles. The molecular formula is C13H19NO3. The molecule has 3 N–H and O–H groups in total. The number of aliphatic hydroxyl groups is 1. The summed E-state index contributed by atoms with van der Waals surface area (Å²) in [5.74, 6) is 1.28. The number of ether oxygens (including phenoxy) is 1. The highest BCUT2D eigenvalue weighted by molar-refractivity contribution is 5.45. The lowest BCUT2D eigenvalue weighted by Gasteiger charge is -2.31. The first-order valence-corrected chi connectivity index (χ1v) is 5.94. The number of aliphatic hydroxyl groups excluding tert-OH is 1. The van der Waals surface area contributed by atoms with Crippen LogP contribution in [0.15, 0.2) is 18.2 Å². The predicted octanol–water partition coefficient (Wildman–Crippen LogP) is 1.26. The molecule has 0 heterocycles. The van der Waals surface area contributed by atoms with E-state index < -0.39 is 0 Å². The van der Waals surface area contributed by atoms with Crippen molar-refractivity contribution in [2.75, 3.05) is 13.7 Å². The number of hydrogen-bond donors (Lipinski definition) is 3. The summed E-state index contributed by atoms with van der Waals surface area (Å²) in [6.45, 7) is 1.50. The fourth-order valence-electron chi connectivity index (χ4n) is 2.15. The van der Waals surface area contributed by atoms with Crippen LogP contribution in [-0.4, -0.2) is 30.0 Å². The summed E-state index contributed by atoms with van der Waals surface area (Å²) in [5, 5.41) is 22.3. The standard InChI is InChI=1S/C13H19NO3/c1-17-12-4-2-3-10(13(12)16)8-14-7-9-5-11(15)6-9/h2-4,9,11,14-16H,5-8H2,1H3. The van der Waals surface area contributed by atoms with E-state index in [9.17, 15) is 5.11 Å². The van der Waals surface area contributed by atoms with E-state index in [1.54, 1.807) is 13.2 Å². The van der Waals surface area contributed by atoms with Gasteiger partial charge < -0.3 is 20.3 Å². The monoisotopic (exact) mass is 237 g/mol. The summed E-state index contributed by atoms with van der Waals surface area (Å²) in [6, 6.07) is 5.48. The average molecular weight is 237 g/mol. The molecule has 0 aromatic heterocycles. The lowest BCUT2D eigenvalue weighted by Crippen LogP contribution is -2.35. The van der Waals surface area contributed by atoms with Gasteiger partial charge in [-0.1, -0.05) is 12.1 Å². The molecule has 94 valence electrons. The molecule has 0 saturated heterocycles. The van der Waals surface area contributed by atoms with Crippen molar-refractivity contribution >= 4 is 0 Å². The molecule has 0 amide bonds. The molecule has 0 spiro atoms. The van der Waals surface area contributed by atoms with E-state index in [-0.39, 0.29) is 11.9 Å². The van der Waals surface area contributed by atoms with Crippen molar-refractivity contribution in [1.29, 1.82) is 0 Å². The SMILES string of the molecule is COc1cccc(CNCC2CC(O)C2)c1O. The van der Waals surface area contributed by atoms with Crippen molar-refractivity contribution in [1.82, 2.24) is 5.32 Å². The number of nitrogens with one attached hydrogen (secondary N) is 1. The van der Waals surface area contributed by atoms with Gasteiger partial charge in [-0.2, -0.15) is 0 Å². The molecule has 1 aliphatic rings. The van der Waals surface area contributed by atoms with Crippen LogP contribution in [0.2, 0.25) is 0 Å². The van der Waals surface area contributed by atoms with Gasteiger partial charge in [0.15, 0.2) is 11.5 Å². The van der Waals surface area contributed by atoms with E-state index in [2.05, 4.69) is 5.32 Å². The number of aromatic hydroxyl groups is 1. The van der Waals surface area contributed by atoms with Crippen molar-refractivity contribution in [3.05, 3.63) is 23.8 Å². The predicted molar refractivity (Wildman–Crippen MR) is 65.1 cm³/mol. The van der Waals surface area contributed by atoms with E-state index >= 15 is 0 Å². The molecule has 0 radical (unpaired) electrons. The molecule has 1 saturated carbocycles. The van der Waals surface area contributed by atoms with Crippen LogP contribution in [0.4, 0.5) is 0 Å². The van der Waals surface area contributed by atoms with Crippen molar-refractivity contribution in [2.24, 2.45) is 5.92 Å². The van der Waals surface area contributed by atoms with Gasteiger partial charge in [-0.15, -0.1) is 0 Å². The molecule has 0 aliphatic heterocycles. The highest BCUT2D eigenvalue weighted by Gasteiger charge is 2.26. The minimum absolute atomic E-state index is 0.105. The summed E-state index contributed by atoms with van der Waals surface area (Å²) in [5.41, 5.74) is 0.837.